The number of amides is 2. The van der Waals surface area contributed by atoms with Gasteiger partial charge in [0, 0.05) is 18.5 Å². The topological polar surface area (TPSA) is 145 Å². The molecule has 0 spiro atoms. The number of hydrogen-bond donors (Lipinski definition) is 5. The van der Waals surface area contributed by atoms with Crippen LogP contribution in [-0.2, 0) is 14.4 Å². The molecule has 9 heteroatoms. The number of fused-ring (bicyclic) bond motifs is 1. The summed E-state index contributed by atoms with van der Waals surface area (Å²) in [5.41, 5.74) is 1.06. The van der Waals surface area contributed by atoms with Crippen LogP contribution in [0.2, 0.25) is 0 Å². The van der Waals surface area contributed by atoms with Gasteiger partial charge in [0.1, 0.15) is 11.7 Å². The molecule has 0 saturated heterocycles. The van der Waals surface area contributed by atoms with Crippen molar-refractivity contribution in [2.75, 3.05) is 5.32 Å². The first kappa shape index (κ1) is 27.6. The molecule has 0 aliphatic carbocycles. The lowest BCUT2D eigenvalue weighted by atomic mass is 9.98. The third kappa shape index (κ3) is 10.0. The summed E-state index contributed by atoms with van der Waals surface area (Å²) in [6, 6.07) is 6.31. The predicted octanol–water partition coefficient (Wildman–Crippen LogP) is 3.84. The van der Waals surface area contributed by atoms with Crippen molar-refractivity contribution in [1.82, 2.24) is 10.6 Å². The van der Waals surface area contributed by atoms with Gasteiger partial charge in [-0.25, -0.2) is 4.79 Å². The molecule has 0 fully saturated rings. The zero-order valence-electron chi connectivity index (χ0n) is 20.1. The van der Waals surface area contributed by atoms with E-state index in [2.05, 4.69) is 28.1 Å². The van der Waals surface area contributed by atoms with E-state index in [1.165, 1.54) is 0 Å². The molecule has 0 aromatic heterocycles. The minimum Gasteiger partial charge on any atom is -0.481 e. The number of carboxylic acid groups (broad SMARTS) is 2. The highest BCUT2D eigenvalue weighted by Gasteiger charge is 2.32. The molecule has 1 aliphatic rings. The Bertz CT molecular complexity index is 958. The Morgan fingerprint density at radius 1 is 1.00 bits per heavy atom. The molecular weight excluding hydrogens is 450 g/mol. The van der Waals surface area contributed by atoms with Gasteiger partial charge in [-0.15, -0.1) is 0 Å². The second-order valence-electron chi connectivity index (χ2n) is 8.81. The van der Waals surface area contributed by atoms with Crippen LogP contribution in [-0.4, -0.2) is 45.7 Å². The van der Waals surface area contributed by atoms with Crippen molar-refractivity contribution in [1.29, 1.82) is 0 Å². The fourth-order valence-corrected chi connectivity index (χ4v) is 3.81. The first-order valence-corrected chi connectivity index (χ1v) is 11.9. The number of allylic oxidation sites excluding steroid dienone is 4. The monoisotopic (exact) mass is 485 g/mol. The number of unbranched alkanes of at least 4 members (excludes halogenated alkanes) is 2. The number of aliphatic carboxylic acids is 2. The van der Waals surface area contributed by atoms with Crippen LogP contribution in [0, 0.1) is 0 Å². The van der Waals surface area contributed by atoms with Gasteiger partial charge in [0.15, 0.2) is 0 Å². The fraction of sp³-hybridized carbons (Fsp3) is 0.462. The number of nitrogens with one attached hydrogen (secondary N) is 3. The number of rotatable bonds is 15. The highest BCUT2D eigenvalue weighted by atomic mass is 16.4. The standard InChI is InChI=1S/C26H35N3O6/c1-26(28-20-14-11-10-13-19(20)24(33)29-26)18-12-8-6-4-2-3-5-7-9-15-22(30)27-21(25(34)35)16-17-23(31)32/h3-6,10-11,13-14,21,28H,2,7-9,12,15-18H2,1H3,(H,27,30)(H,29,33)(H,31,32)(H,34,35)/b5-3-,6-4-. The van der Waals surface area contributed by atoms with Crippen molar-refractivity contribution in [3.05, 3.63) is 54.1 Å². The fourth-order valence-electron chi connectivity index (χ4n) is 3.81. The van der Waals surface area contributed by atoms with Crippen LogP contribution in [0.25, 0.3) is 0 Å². The normalized spacial score (nSPS) is 18.0. The molecule has 5 N–H and O–H groups in total. The molecule has 0 radical (unpaired) electrons. The second kappa shape index (κ2) is 13.9. The molecule has 1 aliphatic heterocycles. The summed E-state index contributed by atoms with van der Waals surface area (Å²) < 4.78 is 0. The molecule has 1 aromatic rings. The Balaban J connectivity index is 1.56. The Hall–Kier alpha value is -3.62. The number of anilines is 1. The average molecular weight is 486 g/mol. The lowest BCUT2D eigenvalue weighted by molar-refractivity contribution is -0.143. The number of benzene rings is 1. The summed E-state index contributed by atoms with van der Waals surface area (Å²) in [4.78, 5) is 45.8. The Labute approximate surface area is 205 Å². The van der Waals surface area contributed by atoms with E-state index in [0.717, 1.165) is 31.4 Å². The molecule has 35 heavy (non-hydrogen) atoms. The Morgan fingerprint density at radius 3 is 2.37 bits per heavy atom. The van der Waals surface area contributed by atoms with Crippen LogP contribution in [0.4, 0.5) is 5.69 Å². The lowest BCUT2D eigenvalue weighted by Crippen LogP contribution is -2.55. The van der Waals surface area contributed by atoms with E-state index in [0.29, 0.717) is 18.4 Å². The van der Waals surface area contributed by atoms with Crippen molar-refractivity contribution < 1.29 is 29.4 Å². The second-order valence-corrected chi connectivity index (χ2v) is 8.81. The van der Waals surface area contributed by atoms with Crippen molar-refractivity contribution in [2.24, 2.45) is 0 Å². The maximum absolute atomic E-state index is 12.3. The molecule has 2 rings (SSSR count). The van der Waals surface area contributed by atoms with Crippen molar-refractivity contribution >= 4 is 29.4 Å². The SMILES string of the molecule is CC1(CCC/C=C\C/C=C\CCCC(=O)NC(CCC(=O)O)C(=O)O)NC(=O)c2ccccc2N1. The van der Waals surface area contributed by atoms with Gasteiger partial charge in [-0.1, -0.05) is 36.4 Å². The summed E-state index contributed by atoms with van der Waals surface area (Å²) in [6.07, 6.45) is 12.6. The van der Waals surface area contributed by atoms with Gasteiger partial charge >= 0.3 is 11.9 Å². The Morgan fingerprint density at radius 2 is 1.69 bits per heavy atom. The van der Waals surface area contributed by atoms with Crippen LogP contribution in [0.5, 0.6) is 0 Å². The average Bonchev–Trinajstić information content (AvgIpc) is 2.79. The van der Waals surface area contributed by atoms with Gasteiger partial charge in [0.05, 0.1) is 5.56 Å². The predicted molar refractivity (Wildman–Crippen MR) is 133 cm³/mol. The summed E-state index contributed by atoms with van der Waals surface area (Å²) >= 11 is 0. The number of para-hydroxylation sites is 1. The van der Waals surface area contributed by atoms with Gasteiger partial charge < -0.3 is 26.2 Å². The van der Waals surface area contributed by atoms with Crippen LogP contribution in [0.15, 0.2) is 48.6 Å². The van der Waals surface area contributed by atoms with Gasteiger partial charge in [-0.2, -0.15) is 0 Å². The maximum atomic E-state index is 12.3. The summed E-state index contributed by atoms with van der Waals surface area (Å²) in [5.74, 6) is -2.78. The number of carbonyl (C=O) groups excluding carboxylic acids is 2. The van der Waals surface area contributed by atoms with E-state index in [9.17, 15) is 19.2 Å². The van der Waals surface area contributed by atoms with Crippen molar-refractivity contribution in [3.8, 4) is 0 Å². The zero-order chi connectivity index (χ0) is 25.7. The molecular formula is C26H35N3O6. The van der Waals surface area contributed by atoms with Gasteiger partial charge in [-0.3, -0.25) is 14.4 Å². The third-order valence-corrected chi connectivity index (χ3v) is 5.68. The largest absolute Gasteiger partial charge is 0.481 e. The molecule has 190 valence electrons. The molecule has 2 amide bonds. The molecule has 1 heterocycles. The van der Waals surface area contributed by atoms with Crippen LogP contribution < -0.4 is 16.0 Å². The smallest absolute Gasteiger partial charge is 0.326 e. The molecule has 1 aromatic carbocycles. The van der Waals surface area contributed by atoms with Gasteiger partial charge in [0.2, 0.25) is 5.91 Å². The van der Waals surface area contributed by atoms with E-state index < -0.39 is 29.6 Å². The quantitative estimate of drug-likeness (QED) is 0.187. The zero-order valence-corrected chi connectivity index (χ0v) is 20.1. The lowest BCUT2D eigenvalue weighted by Gasteiger charge is -2.37. The van der Waals surface area contributed by atoms with Crippen LogP contribution in [0.3, 0.4) is 0 Å². The summed E-state index contributed by atoms with van der Waals surface area (Å²) in [6.45, 7) is 1.99. The number of carbonyl (C=O) groups is 4. The number of carboxylic acids is 2. The van der Waals surface area contributed by atoms with E-state index in [4.69, 9.17) is 10.2 Å². The van der Waals surface area contributed by atoms with Gasteiger partial charge in [-0.05, 0) is 64.0 Å². The third-order valence-electron chi connectivity index (χ3n) is 5.68. The number of hydrogen-bond acceptors (Lipinski definition) is 5. The minimum atomic E-state index is -1.23. The van der Waals surface area contributed by atoms with Crippen LogP contribution in [0.1, 0.15) is 75.1 Å². The minimum absolute atomic E-state index is 0.0556. The molecule has 9 nitrogen and oxygen atoms in total. The molecule has 0 bridgehead atoms. The first-order chi connectivity index (χ1) is 16.7. The van der Waals surface area contributed by atoms with E-state index in [1.807, 2.05) is 43.3 Å². The maximum Gasteiger partial charge on any atom is 0.326 e. The van der Waals surface area contributed by atoms with E-state index in [1.54, 1.807) is 0 Å². The van der Waals surface area contributed by atoms with E-state index in [-0.39, 0.29) is 25.2 Å². The van der Waals surface area contributed by atoms with E-state index >= 15 is 0 Å². The first-order valence-electron chi connectivity index (χ1n) is 11.9. The summed E-state index contributed by atoms with van der Waals surface area (Å²) in [7, 11) is 0. The molecule has 2 atom stereocenters. The highest BCUT2D eigenvalue weighted by Crippen LogP contribution is 2.27. The Kier molecular flexibility index (Phi) is 11.0. The molecule has 2 unspecified atom stereocenters. The van der Waals surface area contributed by atoms with Crippen molar-refractivity contribution in [2.45, 2.75) is 76.4 Å². The van der Waals surface area contributed by atoms with Crippen LogP contribution >= 0.6 is 0 Å². The molecule has 0 saturated carbocycles. The highest BCUT2D eigenvalue weighted by molar-refractivity contribution is 6.02. The van der Waals surface area contributed by atoms with Gasteiger partial charge in [0.25, 0.3) is 5.91 Å². The van der Waals surface area contributed by atoms with Crippen molar-refractivity contribution in [3.63, 3.8) is 0 Å². The summed E-state index contributed by atoms with van der Waals surface area (Å²) in [5, 5.41) is 26.6.